The van der Waals surface area contributed by atoms with Crippen molar-refractivity contribution < 1.29 is 4.79 Å². The van der Waals surface area contributed by atoms with Gasteiger partial charge in [0.2, 0.25) is 5.91 Å². The number of carbonyl (C=O) groups is 1. The number of amides is 1. The Morgan fingerprint density at radius 2 is 1.48 bits per heavy atom. The van der Waals surface area contributed by atoms with Crippen LogP contribution in [-0.4, -0.2) is 25.0 Å². The van der Waals surface area contributed by atoms with Gasteiger partial charge in [-0.15, -0.1) is 0 Å². The Hall–Kier alpha value is -2.62. The number of hydrogen-bond acceptors (Lipinski definition) is 2. The number of benzene rings is 2. The molecule has 2 N–H and O–H groups in total. The summed E-state index contributed by atoms with van der Waals surface area (Å²) >= 11 is 0. The smallest absolute Gasteiger partial charge is 0.250 e. The first-order chi connectivity index (χ1) is 10.3. The minimum absolute atomic E-state index is 0.0479. The van der Waals surface area contributed by atoms with Gasteiger partial charge in [-0.3, -0.25) is 15.1 Å². The number of aliphatic imine (C=N–C) groups is 1. The zero-order valence-electron chi connectivity index (χ0n) is 11.8. The van der Waals surface area contributed by atoms with Crippen LogP contribution >= 0.6 is 0 Å². The number of nitrogens with zero attached hydrogens (tertiary/aromatic N) is 1. The third kappa shape index (κ3) is 2.65. The molecule has 4 nitrogen and oxygen atoms in total. The molecule has 2 aromatic rings. The van der Waals surface area contributed by atoms with Gasteiger partial charge in [-0.2, -0.15) is 0 Å². The first-order valence-corrected chi connectivity index (χ1v) is 6.93. The van der Waals surface area contributed by atoms with Gasteiger partial charge in [-0.05, 0) is 11.1 Å². The van der Waals surface area contributed by atoms with E-state index in [1.165, 1.54) is 0 Å². The Morgan fingerprint density at radius 3 is 1.90 bits per heavy atom. The fourth-order valence-electron chi connectivity index (χ4n) is 2.70. The van der Waals surface area contributed by atoms with Crippen LogP contribution in [0.15, 0.2) is 65.7 Å². The molecule has 1 heterocycles. The number of carbonyl (C=O) groups excluding carboxylic acids is 1. The van der Waals surface area contributed by atoms with E-state index in [9.17, 15) is 4.79 Å². The fourth-order valence-corrected chi connectivity index (χ4v) is 2.70. The summed E-state index contributed by atoms with van der Waals surface area (Å²) < 4.78 is 0. The molecule has 1 fully saturated rings. The highest BCUT2D eigenvalue weighted by molar-refractivity contribution is 6.07. The van der Waals surface area contributed by atoms with Crippen molar-refractivity contribution in [2.24, 2.45) is 4.99 Å². The largest absolute Gasteiger partial charge is 0.343 e. The van der Waals surface area contributed by atoms with Gasteiger partial charge in [0, 0.05) is 13.0 Å². The molecule has 0 saturated carbocycles. The van der Waals surface area contributed by atoms with Gasteiger partial charge in [0.1, 0.15) is 6.04 Å². The lowest BCUT2D eigenvalue weighted by molar-refractivity contribution is -0.120. The molecule has 1 amide bonds. The molecule has 0 aromatic heterocycles. The number of hydrogen-bond donors (Lipinski definition) is 2. The maximum absolute atomic E-state index is 12.3. The average Bonchev–Trinajstić information content (AvgIpc) is 2.91. The normalized spacial score (nSPS) is 19.6. The van der Waals surface area contributed by atoms with Crippen molar-refractivity contribution in [3.05, 3.63) is 71.8 Å². The maximum atomic E-state index is 12.3. The molecule has 4 heteroatoms. The summed E-state index contributed by atoms with van der Waals surface area (Å²) in [6, 6.07) is 19.8. The van der Waals surface area contributed by atoms with Gasteiger partial charge in [-0.1, -0.05) is 60.7 Å². The molecule has 0 radical (unpaired) electrons. The van der Waals surface area contributed by atoms with Crippen molar-refractivity contribution in [2.45, 2.75) is 12.0 Å². The number of guanidine groups is 1. The minimum Gasteiger partial charge on any atom is -0.343 e. The van der Waals surface area contributed by atoms with Crippen LogP contribution in [0.3, 0.4) is 0 Å². The predicted octanol–water partition coefficient (Wildman–Crippen LogP) is 1.89. The summed E-state index contributed by atoms with van der Waals surface area (Å²) in [6.45, 7) is 0. The summed E-state index contributed by atoms with van der Waals surface area (Å²) in [4.78, 5) is 16.3. The lowest BCUT2D eigenvalue weighted by Gasteiger charge is -2.22. The Balaban J connectivity index is 2.03. The molecule has 0 aliphatic carbocycles. The first kappa shape index (κ1) is 13.4. The van der Waals surface area contributed by atoms with Crippen LogP contribution in [0.25, 0.3) is 0 Å². The average molecular weight is 279 g/mol. The Morgan fingerprint density at radius 1 is 0.952 bits per heavy atom. The zero-order chi connectivity index (χ0) is 14.7. The van der Waals surface area contributed by atoms with E-state index in [1.807, 2.05) is 60.7 Å². The highest BCUT2D eigenvalue weighted by Gasteiger charge is 2.36. The summed E-state index contributed by atoms with van der Waals surface area (Å²) in [7, 11) is 1.66. The molecule has 2 aromatic carbocycles. The van der Waals surface area contributed by atoms with E-state index in [2.05, 4.69) is 15.6 Å². The van der Waals surface area contributed by atoms with Crippen molar-refractivity contribution in [2.75, 3.05) is 7.05 Å². The second-order valence-electron chi connectivity index (χ2n) is 4.98. The van der Waals surface area contributed by atoms with Gasteiger partial charge in [0.25, 0.3) is 0 Å². The number of rotatable bonds is 3. The second-order valence-corrected chi connectivity index (χ2v) is 4.98. The van der Waals surface area contributed by atoms with Crippen LogP contribution in [0, 0.1) is 0 Å². The predicted molar refractivity (Wildman–Crippen MR) is 83.2 cm³/mol. The van der Waals surface area contributed by atoms with Gasteiger partial charge in [0.05, 0.1) is 0 Å². The van der Waals surface area contributed by atoms with Gasteiger partial charge >= 0.3 is 0 Å². The molecule has 0 bridgehead atoms. The summed E-state index contributed by atoms with van der Waals surface area (Å²) in [6.07, 6.45) is 0. The molecule has 0 spiro atoms. The van der Waals surface area contributed by atoms with Gasteiger partial charge in [0.15, 0.2) is 5.96 Å². The maximum Gasteiger partial charge on any atom is 0.250 e. The van der Waals surface area contributed by atoms with Gasteiger partial charge in [-0.25, -0.2) is 0 Å². The molecule has 106 valence electrons. The van der Waals surface area contributed by atoms with Crippen LogP contribution < -0.4 is 10.6 Å². The number of nitrogens with one attached hydrogen (secondary N) is 2. The topological polar surface area (TPSA) is 53.5 Å². The highest BCUT2D eigenvalue weighted by atomic mass is 16.2. The third-order valence-corrected chi connectivity index (χ3v) is 3.69. The quantitative estimate of drug-likeness (QED) is 0.901. The molecular weight excluding hydrogens is 262 g/mol. The zero-order valence-corrected chi connectivity index (χ0v) is 11.8. The standard InChI is InChI=1S/C17H17N3O/c1-18-17-19-15(16(21)20-17)14(12-8-4-2-5-9-12)13-10-6-3-7-11-13/h2-11,14-15H,1H3,(H2,18,19,20,21). The van der Waals surface area contributed by atoms with E-state index in [4.69, 9.17) is 0 Å². The van der Waals surface area contributed by atoms with E-state index >= 15 is 0 Å². The monoisotopic (exact) mass is 279 g/mol. The highest BCUT2D eigenvalue weighted by Crippen LogP contribution is 2.29. The molecular formula is C17H17N3O. The van der Waals surface area contributed by atoms with Crippen LogP contribution in [-0.2, 0) is 4.79 Å². The Kier molecular flexibility index (Phi) is 3.69. The van der Waals surface area contributed by atoms with Crippen LogP contribution in [0.1, 0.15) is 17.0 Å². The Labute approximate surface area is 123 Å². The molecule has 1 saturated heterocycles. The molecule has 3 rings (SSSR count). The van der Waals surface area contributed by atoms with E-state index < -0.39 is 0 Å². The second kappa shape index (κ2) is 5.79. The lowest BCUT2D eigenvalue weighted by Crippen LogP contribution is -2.36. The molecule has 1 unspecified atom stereocenters. The fraction of sp³-hybridized carbons (Fsp3) is 0.176. The molecule has 21 heavy (non-hydrogen) atoms. The van der Waals surface area contributed by atoms with E-state index in [-0.39, 0.29) is 17.9 Å². The first-order valence-electron chi connectivity index (χ1n) is 6.93. The Bertz CT molecular complexity index is 613. The van der Waals surface area contributed by atoms with E-state index in [1.54, 1.807) is 7.05 Å². The van der Waals surface area contributed by atoms with Crippen molar-refractivity contribution in [3.8, 4) is 0 Å². The van der Waals surface area contributed by atoms with Crippen molar-refractivity contribution in [1.29, 1.82) is 0 Å². The lowest BCUT2D eigenvalue weighted by atomic mass is 9.85. The van der Waals surface area contributed by atoms with Crippen molar-refractivity contribution >= 4 is 11.9 Å². The molecule has 1 aliphatic rings. The van der Waals surface area contributed by atoms with Crippen LogP contribution in [0.4, 0.5) is 0 Å². The van der Waals surface area contributed by atoms with Crippen LogP contribution in [0.5, 0.6) is 0 Å². The minimum atomic E-state index is -0.353. The summed E-state index contributed by atoms with van der Waals surface area (Å²) in [5, 5.41) is 5.95. The molecule has 1 atom stereocenters. The summed E-state index contributed by atoms with van der Waals surface area (Å²) in [5.74, 6) is 0.432. The SMILES string of the molecule is CN=C1NC(=O)C(C(c2ccccc2)c2ccccc2)N1. The van der Waals surface area contributed by atoms with Crippen molar-refractivity contribution in [1.82, 2.24) is 10.6 Å². The van der Waals surface area contributed by atoms with Gasteiger partial charge < -0.3 is 5.32 Å². The van der Waals surface area contributed by atoms with Crippen LogP contribution in [0.2, 0.25) is 0 Å². The summed E-state index contributed by atoms with van der Waals surface area (Å²) in [5.41, 5.74) is 2.21. The third-order valence-electron chi connectivity index (χ3n) is 3.69. The van der Waals surface area contributed by atoms with E-state index in [0.29, 0.717) is 5.96 Å². The van der Waals surface area contributed by atoms with E-state index in [0.717, 1.165) is 11.1 Å². The van der Waals surface area contributed by atoms with Crippen molar-refractivity contribution in [3.63, 3.8) is 0 Å². The molecule has 1 aliphatic heterocycles.